The van der Waals surface area contributed by atoms with Crippen LogP contribution < -0.4 is 4.72 Å². The minimum Gasteiger partial charge on any atom is -0.392 e. The summed E-state index contributed by atoms with van der Waals surface area (Å²) in [6, 6.07) is 5.00. The van der Waals surface area contributed by atoms with Crippen LogP contribution in [-0.2, 0) is 16.6 Å². The molecule has 0 unspecified atom stereocenters. The lowest BCUT2D eigenvalue weighted by molar-refractivity contribution is 0.278. The number of anilines is 1. The van der Waals surface area contributed by atoms with Gasteiger partial charge in [0.2, 0.25) is 0 Å². The molecule has 0 bridgehead atoms. The van der Waals surface area contributed by atoms with Gasteiger partial charge in [0.25, 0.3) is 10.0 Å². The largest absolute Gasteiger partial charge is 0.392 e. The predicted octanol–water partition coefficient (Wildman–Crippen LogP) is 1.66. The average molecular weight is 302 g/mol. The van der Waals surface area contributed by atoms with E-state index in [1.807, 2.05) is 6.92 Å². The molecule has 0 atom stereocenters. The molecule has 3 N–H and O–H groups in total. The first-order valence-corrected chi connectivity index (χ1v) is 7.22. The second kappa shape index (κ2) is 5.20. The van der Waals surface area contributed by atoms with E-state index in [1.54, 1.807) is 18.2 Å². The van der Waals surface area contributed by atoms with Crippen molar-refractivity contribution in [2.45, 2.75) is 18.6 Å². The fourth-order valence-corrected chi connectivity index (χ4v) is 2.97. The van der Waals surface area contributed by atoms with Gasteiger partial charge in [-0.3, -0.25) is 9.82 Å². The molecule has 0 aliphatic rings. The van der Waals surface area contributed by atoms with Gasteiger partial charge in [-0.2, -0.15) is 13.5 Å². The Labute approximate surface area is 115 Å². The van der Waals surface area contributed by atoms with Crippen molar-refractivity contribution in [1.29, 1.82) is 0 Å². The average Bonchev–Trinajstić information content (AvgIpc) is 2.82. The van der Waals surface area contributed by atoms with Crippen molar-refractivity contribution in [3.63, 3.8) is 0 Å². The molecule has 6 nitrogen and oxygen atoms in total. The number of aliphatic hydroxyl groups is 1. The third-order valence-corrected chi connectivity index (χ3v) is 4.19. The fraction of sp³-hybridized carbons (Fsp3) is 0.182. The Kier molecular flexibility index (Phi) is 3.79. The molecule has 0 radical (unpaired) electrons. The zero-order valence-corrected chi connectivity index (χ0v) is 11.6. The number of H-pyrrole nitrogens is 1. The van der Waals surface area contributed by atoms with E-state index in [9.17, 15) is 8.42 Å². The first kappa shape index (κ1) is 13.9. The molecule has 1 heterocycles. The molecule has 1 aromatic carbocycles. The molecule has 0 spiro atoms. The molecule has 0 saturated heterocycles. The van der Waals surface area contributed by atoms with Gasteiger partial charge in [0, 0.05) is 5.56 Å². The van der Waals surface area contributed by atoms with Gasteiger partial charge in [-0.25, -0.2) is 0 Å². The lowest BCUT2D eigenvalue weighted by Gasteiger charge is -2.09. The SMILES string of the molecule is Cc1ccc(Cl)c(NS(=O)(=O)c2[nH]ncc2CO)c1. The first-order chi connectivity index (χ1) is 8.94. The summed E-state index contributed by atoms with van der Waals surface area (Å²) in [6.07, 6.45) is 1.26. The van der Waals surface area contributed by atoms with E-state index in [0.29, 0.717) is 5.02 Å². The summed E-state index contributed by atoms with van der Waals surface area (Å²) in [7, 11) is -3.86. The van der Waals surface area contributed by atoms with Gasteiger partial charge in [-0.1, -0.05) is 17.7 Å². The Balaban J connectivity index is 2.39. The van der Waals surface area contributed by atoms with E-state index in [4.69, 9.17) is 16.7 Å². The maximum Gasteiger partial charge on any atom is 0.279 e. The zero-order valence-electron chi connectivity index (χ0n) is 10.0. The van der Waals surface area contributed by atoms with Crippen LogP contribution in [0.3, 0.4) is 0 Å². The van der Waals surface area contributed by atoms with Crippen molar-refractivity contribution in [3.05, 3.63) is 40.5 Å². The number of sulfonamides is 1. The smallest absolute Gasteiger partial charge is 0.279 e. The van der Waals surface area contributed by atoms with E-state index in [2.05, 4.69) is 14.9 Å². The van der Waals surface area contributed by atoms with Crippen molar-refractivity contribution >= 4 is 27.3 Å². The van der Waals surface area contributed by atoms with Crippen molar-refractivity contribution in [3.8, 4) is 0 Å². The summed E-state index contributed by atoms with van der Waals surface area (Å²) >= 11 is 5.94. The summed E-state index contributed by atoms with van der Waals surface area (Å²) in [5, 5.41) is 15.1. The third kappa shape index (κ3) is 2.89. The lowest BCUT2D eigenvalue weighted by atomic mass is 10.2. The number of aromatic nitrogens is 2. The minimum absolute atomic E-state index is 0.174. The number of hydrogen-bond acceptors (Lipinski definition) is 4. The van der Waals surface area contributed by atoms with Gasteiger partial charge in [-0.15, -0.1) is 0 Å². The van der Waals surface area contributed by atoms with Crippen LogP contribution in [0.15, 0.2) is 29.4 Å². The van der Waals surface area contributed by atoms with Crippen LogP contribution >= 0.6 is 11.6 Å². The quantitative estimate of drug-likeness (QED) is 0.800. The van der Waals surface area contributed by atoms with Gasteiger partial charge >= 0.3 is 0 Å². The number of nitrogens with one attached hydrogen (secondary N) is 2. The highest BCUT2D eigenvalue weighted by Crippen LogP contribution is 2.25. The molecule has 0 aliphatic carbocycles. The number of hydrogen-bond donors (Lipinski definition) is 3. The first-order valence-electron chi connectivity index (χ1n) is 5.36. The number of rotatable bonds is 4. The molecular formula is C11H12ClN3O3S. The highest BCUT2D eigenvalue weighted by atomic mass is 35.5. The summed E-state index contributed by atoms with van der Waals surface area (Å²) in [6.45, 7) is 1.40. The second-order valence-corrected chi connectivity index (χ2v) is 6.00. The van der Waals surface area contributed by atoms with Crippen LogP contribution in [0.5, 0.6) is 0 Å². The molecule has 102 valence electrons. The Morgan fingerprint density at radius 3 is 2.89 bits per heavy atom. The van der Waals surface area contributed by atoms with E-state index in [-0.39, 0.29) is 16.3 Å². The Bertz CT molecular complexity index is 697. The normalized spacial score (nSPS) is 11.5. The molecule has 0 amide bonds. The van der Waals surface area contributed by atoms with Crippen LogP contribution in [0.1, 0.15) is 11.1 Å². The van der Waals surface area contributed by atoms with Crippen LogP contribution in [0.4, 0.5) is 5.69 Å². The van der Waals surface area contributed by atoms with E-state index >= 15 is 0 Å². The fourth-order valence-electron chi connectivity index (χ4n) is 1.56. The number of aliphatic hydroxyl groups excluding tert-OH is 1. The van der Waals surface area contributed by atoms with Gasteiger partial charge in [0.1, 0.15) is 0 Å². The summed E-state index contributed by atoms with van der Waals surface area (Å²) < 4.78 is 26.7. The van der Waals surface area contributed by atoms with Gasteiger partial charge in [0.05, 0.1) is 23.5 Å². The molecule has 2 rings (SSSR count). The summed E-state index contributed by atoms with van der Waals surface area (Å²) in [5.74, 6) is 0. The Hall–Kier alpha value is -1.57. The van der Waals surface area contributed by atoms with Crippen LogP contribution in [0, 0.1) is 6.92 Å². The second-order valence-electron chi connectivity index (χ2n) is 3.97. The van der Waals surface area contributed by atoms with Crippen molar-refractivity contribution in [2.75, 3.05) is 4.72 Å². The topological polar surface area (TPSA) is 95.1 Å². The Morgan fingerprint density at radius 1 is 1.47 bits per heavy atom. The molecule has 0 saturated carbocycles. The summed E-state index contributed by atoms with van der Waals surface area (Å²) in [4.78, 5) is 0. The highest BCUT2D eigenvalue weighted by Gasteiger charge is 2.21. The standard InChI is InChI=1S/C11H12ClN3O3S/c1-7-2-3-9(12)10(4-7)15-19(17,18)11-8(6-16)5-13-14-11/h2-5,15-16H,6H2,1H3,(H,13,14). The monoisotopic (exact) mass is 301 g/mol. The van der Waals surface area contributed by atoms with E-state index in [0.717, 1.165) is 5.56 Å². The lowest BCUT2D eigenvalue weighted by Crippen LogP contribution is -2.15. The molecule has 0 aliphatic heterocycles. The van der Waals surface area contributed by atoms with Gasteiger partial charge in [-0.05, 0) is 24.6 Å². The molecule has 2 aromatic rings. The third-order valence-electron chi connectivity index (χ3n) is 2.48. The zero-order chi connectivity index (χ0) is 14.0. The molecule has 1 aromatic heterocycles. The maximum absolute atomic E-state index is 12.2. The minimum atomic E-state index is -3.86. The number of aryl methyl sites for hydroxylation is 1. The van der Waals surface area contributed by atoms with Crippen molar-refractivity contribution < 1.29 is 13.5 Å². The van der Waals surface area contributed by atoms with E-state index < -0.39 is 16.6 Å². The predicted molar refractivity (Wildman–Crippen MR) is 71.5 cm³/mol. The van der Waals surface area contributed by atoms with Crippen LogP contribution in [0.2, 0.25) is 5.02 Å². The van der Waals surface area contributed by atoms with Crippen molar-refractivity contribution in [1.82, 2.24) is 10.2 Å². The van der Waals surface area contributed by atoms with Crippen molar-refractivity contribution in [2.24, 2.45) is 0 Å². The molecular weight excluding hydrogens is 290 g/mol. The number of nitrogens with zero attached hydrogens (tertiary/aromatic N) is 1. The van der Waals surface area contributed by atoms with E-state index in [1.165, 1.54) is 6.20 Å². The number of aromatic amines is 1. The number of halogens is 1. The molecule has 0 fully saturated rings. The van der Waals surface area contributed by atoms with Gasteiger partial charge < -0.3 is 5.11 Å². The highest BCUT2D eigenvalue weighted by molar-refractivity contribution is 7.92. The summed E-state index contributed by atoms with van der Waals surface area (Å²) in [5.41, 5.74) is 1.34. The Morgan fingerprint density at radius 2 is 2.21 bits per heavy atom. The maximum atomic E-state index is 12.2. The van der Waals surface area contributed by atoms with Crippen LogP contribution in [-0.4, -0.2) is 23.7 Å². The molecule has 8 heteroatoms. The van der Waals surface area contributed by atoms with Crippen LogP contribution in [0.25, 0.3) is 0 Å². The van der Waals surface area contributed by atoms with Gasteiger partial charge in [0.15, 0.2) is 5.03 Å². The molecule has 19 heavy (non-hydrogen) atoms. The number of benzene rings is 1.